The van der Waals surface area contributed by atoms with Crippen LogP contribution in [0.2, 0.25) is 0 Å². The summed E-state index contributed by atoms with van der Waals surface area (Å²) in [5.74, 6) is 1.64. The van der Waals surface area contributed by atoms with Crippen molar-refractivity contribution < 1.29 is 19.1 Å². The summed E-state index contributed by atoms with van der Waals surface area (Å²) in [6.07, 6.45) is 8.34. The molecule has 1 aromatic rings. The van der Waals surface area contributed by atoms with Gasteiger partial charge in [-0.2, -0.15) is 0 Å². The Labute approximate surface area is 171 Å². The number of benzene rings is 1. The predicted octanol–water partition coefficient (Wildman–Crippen LogP) is 3.62. The third-order valence-corrected chi connectivity index (χ3v) is 7.72. The van der Waals surface area contributed by atoms with Crippen molar-refractivity contribution in [3.05, 3.63) is 35.9 Å². The molecule has 4 saturated carbocycles. The molecule has 1 aromatic carbocycles. The Hall–Kier alpha value is -2.17. The van der Waals surface area contributed by atoms with Crippen molar-refractivity contribution in [1.29, 1.82) is 0 Å². The molecule has 0 aromatic heterocycles. The molecule has 0 N–H and O–H groups in total. The smallest absolute Gasteiger partial charge is 0.329 e. The van der Waals surface area contributed by atoms with E-state index in [0.29, 0.717) is 36.3 Å². The molecule has 0 spiro atoms. The number of hydrogen-bond acceptors (Lipinski definition) is 4. The number of Topliss-reactive ketones (excluding diaryl/α,β-unsaturated/α-hetero) is 1. The van der Waals surface area contributed by atoms with Gasteiger partial charge in [-0.1, -0.05) is 30.3 Å². The second kappa shape index (κ2) is 7.26. The molecule has 5 nitrogen and oxygen atoms in total. The van der Waals surface area contributed by atoms with Crippen molar-refractivity contribution in [1.82, 2.24) is 4.90 Å². The van der Waals surface area contributed by atoms with Gasteiger partial charge in [-0.05, 0) is 69.1 Å². The average Bonchev–Trinajstić information content (AvgIpc) is 3.20. The standard InChI is InChI=1S/C24H29NO4/c26-21(19-5-2-1-3-6-19)15-29-22(27)20-7-4-8-25(20)23(28)24-12-16-9-17(13-24)11-18(10-16)14-24/h1-3,5-6,16-18,20H,4,7-15H2/t16?,17?,18?,20-,24?/m0/s1. The second-order valence-electron chi connectivity index (χ2n) is 9.75. The van der Waals surface area contributed by atoms with Crippen LogP contribution in [0.25, 0.3) is 0 Å². The summed E-state index contributed by atoms with van der Waals surface area (Å²) in [5, 5.41) is 0. The van der Waals surface area contributed by atoms with Gasteiger partial charge in [0.1, 0.15) is 6.04 Å². The highest BCUT2D eigenvalue weighted by Gasteiger charge is 2.57. The maximum Gasteiger partial charge on any atom is 0.329 e. The van der Waals surface area contributed by atoms with Gasteiger partial charge in [-0.25, -0.2) is 4.79 Å². The number of rotatable bonds is 5. The van der Waals surface area contributed by atoms with E-state index in [1.54, 1.807) is 29.2 Å². The summed E-state index contributed by atoms with van der Waals surface area (Å²) in [4.78, 5) is 40.4. The van der Waals surface area contributed by atoms with Crippen LogP contribution in [0, 0.1) is 23.2 Å². The first kappa shape index (κ1) is 18.8. The molecular weight excluding hydrogens is 366 g/mol. The van der Waals surface area contributed by atoms with Crippen LogP contribution < -0.4 is 0 Å². The minimum absolute atomic E-state index is 0.186. The molecule has 4 aliphatic carbocycles. The number of carbonyl (C=O) groups is 3. The van der Waals surface area contributed by atoms with Gasteiger partial charge in [0.2, 0.25) is 5.91 Å². The van der Waals surface area contributed by atoms with E-state index < -0.39 is 12.0 Å². The summed E-state index contributed by atoms with van der Waals surface area (Å²) in [6.45, 7) is 0.367. The lowest BCUT2D eigenvalue weighted by atomic mass is 9.49. The van der Waals surface area contributed by atoms with Gasteiger partial charge in [-0.3, -0.25) is 9.59 Å². The first-order valence-corrected chi connectivity index (χ1v) is 11.1. The third-order valence-electron chi connectivity index (χ3n) is 7.72. The molecule has 0 radical (unpaired) electrons. The maximum atomic E-state index is 13.6. The van der Waals surface area contributed by atoms with Crippen LogP contribution in [0.1, 0.15) is 61.7 Å². The van der Waals surface area contributed by atoms with Crippen molar-refractivity contribution in [2.24, 2.45) is 23.2 Å². The van der Waals surface area contributed by atoms with E-state index in [4.69, 9.17) is 4.74 Å². The van der Waals surface area contributed by atoms with Gasteiger partial charge in [0, 0.05) is 12.1 Å². The van der Waals surface area contributed by atoms with Crippen molar-refractivity contribution in [3.8, 4) is 0 Å². The minimum atomic E-state index is -0.529. The van der Waals surface area contributed by atoms with E-state index in [2.05, 4.69) is 0 Å². The van der Waals surface area contributed by atoms with Crippen molar-refractivity contribution in [2.45, 2.75) is 57.4 Å². The van der Waals surface area contributed by atoms with Gasteiger partial charge < -0.3 is 9.64 Å². The largest absolute Gasteiger partial charge is 0.456 e. The first-order valence-electron chi connectivity index (χ1n) is 11.1. The Balaban J connectivity index is 1.25. The lowest BCUT2D eigenvalue weighted by molar-refractivity contribution is -0.165. The molecular formula is C24H29NO4. The van der Waals surface area contributed by atoms with Crippen LogP contribution in [0.3, 0.4) is 0 Å². The Morgan fingerprint density at radius 1 is 0.966 bits per heavy atom. The Morgan fingerprint density at radius 3 is 2.21 bits per heavy atom. The summed E-state index contributed by atoms with van der Waals surface area (Å²) in [7, 11) is 0. The minimum Gasteiger partial charge on any atom is -0.456 e. The summed E-state index contributed by atoms with van der Waals surface area (Å²) < 4.78 is 5.36. The Bertz CT molecular complexity index is 782. The van der Waals surface area contributed by atoms with Gasteiger partial charge in [-0.15, -0.1) is 0 Å². The molecule has 29 heavy (non-hydrogen) atoms. The lowest BCUT2D eigenvalue weighted by Gasteiger charge is -2.56. The number of carbonyl (C=O) groups excluding carboxylic acids is 3. The van der Waals surface area contributed by atoms with Crippen molar-refractivity contribution in [2.75, 3.05) is 13.2 Å². The van der Waals surface area contributed by atoms with E-state index >= 15 is 0 Å². The van der Waals surface area contributed by atoms with Crippen LogP contribution >= 0.6 is 0 Å². The normalized spacial score (nSPS) is 35.0. The maximum absolute atomic E-state index is 13.6. The fourth-order valence-corrected chi connectivity index (χ4v) is 6.87. The number of likely N-dealkylation sites (tertiary alicyclic amines) is 1. The molecule has 5 aliphatic rings. The number of esters is 1. The number of ketones is 1. The third kappa shape index (κ3) is 3.38. The highest BCUT2D eigenvalue weighted by atomic mass is 16.5. The van der Waals surface area contributed by atoms with Crippen LogP contribution in [0.4, 0.5) is 0 Å². The van der Waals surface area contributed by atoms with Crippen LogP contribution in [-0.4, -0.2) is 41.8 Å². The molecule has 6 rings (SSSR count). The number of amides is 1. The zero-order chi connectivity index (χ0) is 20.0. The van der Waals surface area contributed by atoms with E-state index in [9.17, 15) is 14.4 Å². The van der Waals surface area contributed by atoms with Gasteiger partial charge in [0.15, 0.2) is 12.4 Å². The zero-order valence-electron chi connectivity index (χ0n) is 16.8. The zero-order valence-corrected chi connectivity index (χ0v) is 16.8. The molecule has 4 bridgehead atoms. The van der Waals surface area contributed by atoms with E-state index in [0.717, 1.165) is 25.7 Å². The molecule has 1 atom stereocenters. The molecule has 1 aliphatic heterocycles. The topological polar surface area (TPSA) is 63.7 Å². The number of nitrogens with zero attached hydrogens (tertiary/aromatic N) is 1. The Morgan fingerprint density at radius 2 is 1.59 bits per heavy atom. The van der Waals surface area contributed by atoms with E-state index in [1.165, 1.54) is 19.3 Å². The quantitative estimate of drug-likeness (QED) is 0.564. The molecule has 1 heterocycles. The van der Waals surface area contributed by atoms with Gasteiger partial charge >= 0.3 is 5.97 Å². The SMILES string of the molecule is O=C(COC(=O)[C@@H]1CCCN1C(=O)C12CC3CC(CC(C3)C1)C2)c1ccccc1. The molecule has 0 unspecified atom stereocenters. The first-order chi connectivity index (χ1) is 14.0. The lowest BCUT2D eigenvalue weighted by Crippen LogP contribution is -2.56. The fourth-order valence-electron chi connectivity index (χ4n) is 6.87. The molecule has 154 valence electrons. The van der Waals surface area contributed by atoms with E-state index in [-0.39, 0.29) is 23.7 Å². The van der Waals surface area contributed by atoms with Crippen molar-refractivity contribution in [3.63, 3.8) is 0 Å². The van der Waals surface area contributed by atoms with Crippen LogP contribution in [-0.2, 0) is 14.3 Å². The average molecular weight is 395 g/mol. The molecule has 5 heteroatoms. The molecule has 1 saturated heterocycles. The monoisotopic (exact) mass is 395 g/mol. The van der Waals surface area contributed by atoms with Crippen LogP contribution in [0.15, 0.2) is 30.3 Å². The molecule has 5 fully saturated rings. The fraction of sp³-hybridized carbons (Fsp3) is 0.625. The van der Waals surface area contributed by atoms with Crippen molar-refractivity contribution >= 4 is 17.7 Å². The number of ether oxygens (including phenoxy) is 1. The second-order valence-corrected chi connectivity index (χ2v) is 9.75. The van der Waals surface area contributed by atoms with E-state index in [1.807, 2.05) is 6.07 Å². The summed E-state index contributed by atoms with van der Waals surface area (Å²) in [6, 6.07) is 8.33. The highest BCUT2D eigenvalue weighted by molar-refractivity contribution is 5.98. The Kier molecular flexibility index (Phi) is 4.72. The highest BCUT2D eigenvalue weighted by Crippen LogP contribution is 2.60. The predicted molar refractivity (Wildman–Crippen MR) is 107 cm³/mol. The summed E-state index contributed by atoms with van der Waals surface area (Å²) >= 11 is 0. The molecule has 1 amide bonds. The van der Waals surface area contributed by atoms with Gasteiger partial charge in [0.05, 0.1) is 5.41 Å². The number of hydrogen-bond donors (Lipinski definition) is 0. The van der Waals surface area contributed by atoms with Gasteiger partial charge in [0.25, 0.3) is 0 Å². The summed E-state index contributed by atoms with van der Waals surface area (Å²) in [5.41, 5.74) is 0.297. The van der Waals surface area contributed by atoms with Crippen LogP contribution in [0.5, 0.6) is 0 Å².